The van der Waals surface area contributed by atoms with Crippen LogP contribution >= 0.6 is 23.7 Å². The number of hydrogen-bond donors (Lipinski definition) is 2. The van der Waals surface area contributed by atoms with Crippen LogP contribution in [0.5, 0.6) is 0 Å². The van der Waals surface area contributed by atoms with Gasteiger partial charge in [0, 0.05) is 24.0 Å². The smallest absolute Gasteiger partial charge is 0.312 e. The number of ether oxygens (including phenoxy) is 1. The Morgan fingerprint density at radius 3 is 3.00 bits per heavy atom. The first-order chi connectivity index (χ1) is 12.0. The Morgan fingerprint density at radius 1 is 1.54 bits per heavy atom. The molecule has 2 aromatic rings. The van der Waals surface area contributed by atoms with Crippen molar-refractivity contribution in [2.45, 2.75) is 32.2 Å². The number of nitrogens with one attached hydrogen (secondary N) is 2. The molecule has 2 aromatic heterocycles. The summed E-state index contributed by atoms with van der Waals surface area (Å²) >= 11 is 1.43. The highest BCUT2D eigenvalue weighted by Gasteiger charge is 2.43. The molecule has 0 aliphatic carbocycles. The van der Waals surface area contributed by atoms with Crippen molar-refractivity contribution in [2.24, 2.45) is 5.41 Å². The number of esters is 1. The Kier molecular flexibility index (Phi) is 6.91. The third-order valence-corrected chi connectivity index (χ3v) is 5.19. The van der Waals surface area contributed by atoms with E-state index in [1.54, 1.807) is 12.3 Å². The number of aromatic nitrogens is 2. The highest BCUT2D eigenvalue weighted by molar-refractivity contribution is 7.13. The van der Waals surface area contributed by atoms with Crippen molar-refractivity contribution in [3.05, 3.63) is 35.2 Å². The molecular weight excluding hydrogens is 379 g/mol. The molecule has 0 amide bonds. The Bertz CT molecular complexity index is 746. The molecule has 2 atom stereocenters. The van der Waals surface area contributed by atoms with Crippen molar-refractivity contribution in [2.75, 3.05) is 19.0 Å². The molecule has 3 rings (SSSR count). The summed E-state index contributed by atoms with van der Waals surface area (Å²) in [6, 6.07) is 3.09. The first kappa shape index (κ1) is 20.5. The zero-order valence-electron chi connectivity index (χ0n) is 14.6. The fourth-order valence-corrected chi connectivity index (χ4v) is 3.88. The van der Waals surface area contributed by atoms with Crippen molar-refractivity contribution in [3.8, 4) is 0 Å². The molecule has 0 bridgehead atoms. The molecule has 9 heteroatoms. The van der Waals surface area contributed by atoms with Crippen LogP contribution in [0.4, 0.5) is 15.3 Å². The lowest BCUT2D eigenvalue weighted by Gasteiger charge is -2.38. The van der Waals surface area contributed by atoms with E-state index in [2.05, 4.69) is 20.6 Å². The highest BCUT2D eigenvalue weighted by atomic mass is 35.5. The molecule has 142 valence electrons. The van der Waals surface area contributed by atoms with E-state index >= 15 is 0 Å². The Hall–Kier alpha value is -1.77. The lowest BCUT2D eigenvalue weighted by Crippen LogP contribution is -2.48. The average Bonchev–Trinajstić information content (AvgIpc) is 3.10. The maximum absolute atomic E-state index is 14.4. The number of carbonyl (C=O) groups excluding carboxylic acids is 1. The van der Waals surface area contributed by atoms with Gasteiger partial charge in [0.2, 0.25) is 0 Å². The molecule has 1 fully saturated rings. The fraction of sp³-hybridized carbons (Fsp3) is 0.471. The topological polar surface area (TPSA) is 76.1 Å². The number of methoxy groups -OCH3 is 1. The molecule has 26 heavy (non-hydrogen) atoms. The van der Waals surface area contributed by atoms with Gasteiger partial charge in [0.25, 0.3) is 0 Å². The molecule has 0 spiro atoms. The second-order valence-corrected chi connectivity index (χ2v) is 7.24. The maximum atomic E-state index is 14.4. The van der Waals surface area contributed by atoms with Gasteiger partial charge in [-0.25, -0.2) is 14.4 Å². The maximum Gasteiger partial charge on any atom is 0.312 e. The van der Waals surface area contributed by atoms with Crippen LogP contribution in [0, 0.1) is 11.2 Å². The van der Waals surface area contributed by atoms with Crippen LogP contribution in [0.25, 0.3) is 0 Å². The number of rotatable bonds is 5. The minimum absolute atomic E-state index is 0. The van der Waals surface area contributed by atoms with Gasteiger partial charge in [0.05, 0.1) is 18.2 Å². The first-order valence-electron chi connectivity index (χ1n) is 8.16. The molecule has 6 nitrogen and oxygen atoms in total. The molecule has 0 aromatic carbocycles. The second-order valence-electron chi connectivity index (χ2n) is 6.35. The number of piperidine rings is 1. The predicted molar refractivity (Wildman–Crippen MR) is 102 cm³/mol. The van der Waals surface area contributed by atoms with Crippen molar-refractivity contribution in [1.82, 2.24) is 15.3 Å². The van der Waals surface area contributed by atoms with Crippen LogP contribution in [-0.2, 0) is 16.0 Å². The number of nitrogens with zero attached hydrogens (tertiary/aromatic N) is 2. The average molecular weight is 401 g/mol. The Morgan fingerprint density at radius 2 is 2.35 bits per heavy atom. The second kappa shape index (κ2) is 8.75. The summed E-state index contributed by atoms with van der Waals surface area (Å²) in [6.45, 7) is 2.70. The number of pyridine rings is 1. The Balaban J connectivity index is 0.00000243. The van der Waals surface area contributed by atoms with Crippen molar-refractivity contribution < 1.29 is 13.9 Å². The normalized spacial score (nSPS) is 22.3. The molecule has 3 heterocycles. The monoisotopic (exact) mass is 400 g/mol. The van der Waals surface area contributed by atoms with Gasteiger partial charge >= 0.3 is 5.97 Å². The summed E-state index contributed by atoms with van der Waals surface area (Å²) in [4.78, 5) is 21.0. The van der Waals surface area contributed by atoms with E-state index in [0.29, 0.717) is 30.3 Å². The van der Waals surface area contributed by atoms with E-state index < -0.39 is 11.2 Å². The van der Waals surface area contributed by atoms with Crippen molar-refractivity contribution >= 4 is 40.7 Å². The number of halogens is 2. The van der Waals surface area contributed by atoms with E-state index in [-0.39, 0.29) is 36.5 Å². The minimum atomic E-state index is -0.757. The van der Waals surface area contributed by atoms with E-state index in [9.17, 15) is 9.18 Å². The van der Waals surface area contributed by atoms with Gasteiger partial charge in [-0.15, -0.1) is 23.7 Å². The van der Waals surface area contributed by atoms with Crippen LogP contribution in [0.15, 0.2) is 23.7 Å². The van der Waals surface area contributed by atoms with Gasteiger partial charge in [0.15, 0.2) is 5.13 Å². The lowest BCUT2D eigenvalue weighted by molar-refractivity contribution is -0.155. The van der Waals surface area contributed by atoms with E-state index in [4.69, 9.17) is 4.74 Å². The largest absolute Gasteiger partial charge is 0.469 e. The SMILES string of the molecule is COC(=O)C1(Cc2nc(Nc3nccs3)ccc2F)CCNC(C)C1.Cl. The zero-order valence-corrected chi connectivity index (χ0v) is 16.3. The molecule has 1 saturated heterocycles. The molecule has 1 aliphatic rings. The molecule has 2 unspecified atom stereocenters. The van der Waals surface area contributed by atoms with Crippen LogP contribution in [0.1, 0.15) is 25.5 Å². The van der Waals surface area contributed by atoms with Crippen molar-refractivity contribution in [1.29, 1.82) is 0 Å². The summed E-state index contributed by atoms with van der Waals surface area (Å²) in [5.74, 6) is -0.215. The molecule has 1 aliphatic heterocycles. The quantitative estimate of drug-likeness (QED) is 0.750. The van der Waals surface area contributed by atoms with Gasteiger partial charge in [-0.2, -0.15) is 0 Å². The highest BCUT2D eigenvalue weighted by Crippen LogP contribution is 2.37. The van der Waals surface area contributed by atoms with Gasteiger partial charge in [0.1, 0.15) is 11.6 Å². The summed E-state index contributed by atoms with van der Waals surface area (Å²) in [5, 5.41) is 8.90. The lowest BCUT2D eigenvalue weighted by atomic mass is 9.73. The van der Waals surface area contributed by atoms with Crippen LogP contribution in [-0.4, -0.2) is 35.6 Å². The number of hydrogen-bond acceptors (Lipinski definition) is 7. The van der Waals surface area contributed by atoms with Crippen LogP contribution in [0.3, 0.4) is 0 Å². The fourth-order valence-electron chi connectivity index (χ4n) is 3.35. The number of anilines is 2. The van der Waals surface area contributed by atoms with Gasteiger partial charge in [-0.05, 0) is 38.4 Å². The molecule has 2 N–H and O–H groups in total. The number of thiazole rings is 1. The minimum Gasteiger partial charge on any atom is -0.469 e. The summed E-state index contributed by atoms with van der Waals surface area (Å²) in [6.07, 6.45) is 3.07. The van der Waals surface area contributed by atoms with E-state index in [0.717, 1.165) is 0 Å². The molecular formula is C17H22ClFN4O2S. The zero-order chi connectivity index (χ0) is 17.9. The third kappa shape index (κ3) is 4.49. The molecule has 0 radical (unpaired) electrons. The van der Waals surface area contributed by atoms with Gasteiger partial charge in [-0.1, -0.05) is 0 Å². The summed E-state index contributed by atoms with van der Waals surface area (Å²) < 4.78 is 19.4. The number of carbonyl (C=O) groups is 1. The van der Waals surface area contributed by atoms with Gasteiger partial charge in [-0.3, -0.25) is 4.79 Å². The molecule has 0 saturated carbocycles. The van der Waals surface area contributed by atoms with Crippen molar-refractivity contribution in [3.63, 3.8) is 0 Å². The Labute approximate surface area is 162 Å². The summed E-state index contributed by atoms with van der Waals surface area (Å²) in [7, 11) is 1.38. The first-order valence-corrected chi connectivity index (χ1v) is 9.04. The van der Waals surface area contributed by atoms with E-state index in [1.165, 1.54) is 24.5 Å². The predicted octanol–water partition coefficient (Wildman–Crippen LogP) is 3.32. The van der Waals surface area contributed by atoms with E-state index in [1.807, 2.05) is 12.3 Å². The third-order valence-electron chi connectivity index (χ3n) is 4.50. The standard InChI is InChI=1S/C17H21FN4O2S.ClH/c1-11-9-17(5-6-19-11,15(23)24-2)10-13-12(18)3-4-14(21-13)22-16-20-7-8-25-16;/h3-4,7-8,11,19H,5-6,9-10H2,1-2H3,(H,20,21,22);1H. The van der Waals surface area contributed by atoms with Crippen LogP contribution < -0.4 is 10.6 Å². The van der Waals surface area contributed by atoms with Gasteiger partial charge < -0.3 is 15.4 Å². The van der Waals surface area contributed by atoms with Crippen LogP contribution in [0.2, 0.25) is 0 Å². The summed E-state index contributed by atoms with van der Waals surface area (Å²) in [5.41, 5.74) is -0.492.